The van der Waals surface area contributed by atoms with Gasteiger partial charge in [-0.05, 0) is 49.9 Å². The van der Waals surface area contributed by atoms with Crippen molar-refractivity contribution in [1.82, 2.24) is 19.9 Å². The highest BCUT2D eigenvalue weighted by atomic mass is 16.5. The van der Waals surface area contributed by atoms with Crippen molar-refractivity contribution in [2.24, 2.45) is 5.92 Å². The van der Waals surface area contributed by atoms with E-state index in [4.69, 9.17) is 4.52 Å². The van der Waals surface area contributed by atoms with Gasteiger partial charge in [-0.25, -0.2) is 0 Å². The lowest BCUT2D eigenvalue weighted by Crippen LogP contribution is -2.33. The van der Waals surface area contributed by atoms with Gasteiger partial charge in [-0.1, -0.05) is 54.0 Å². The van der Waals surface area contributed by atoms with E-state index in [1.807, 2.05) is 43.3 Å². The van der Waals surface area contributed by atoms with Gasteiger partial charge in [0.15, 0.2) is 0 Å². The van der Waals surface area contributed by atoms with Gasteiger partial charge in [-0.2, -0.15) is 4.98 Å². The largest absolute Gasteiger partial charge is 0.337 e. The molecule has 2 aromatic carbocycles. The van der Waals surface area contributed by atoms with Crippen LogP contribution < -0.4 is 0 Å². The summed E-state index contributed by atoms with van der Waals surface area (Å²) in [4.78, 5) is 21.4. The number of aryl methyl sites for hydroxylation is 1. The summed E-state index contributed by atoms with van der Waals surface area (Å²) in [5.74, 6) is 1.65. The molecule has 1 aliphatic rings. The number of aromatic nitrogens is 2. The molecular weight excluding hydrogens is 388 g/mol. The van der Waals surface area contributed by atoms with Crippen LogP contribution in [0.5, 0.6) is 0 Å². The average molecular weight is 419 g/mol. The second kappa shape index (κ2) is 9.43. The normalized spacial score (nSPS) is 16.9. The van der Waals surface area contributed by atoms with Crippen LogP contribution in [0.2, 0.25) is 0 Å². The molecule has 1 atom stereocenters. The Morgan fingerprint density at radius 3 is 2.61 bits per heavy atom. The number of amides is 1. The predicted octanol–water partition coefficient (Wildman–Crippen LogP) is 4.55. The van der Waals surface area contributed by atoms with Crippen molar-refractivity contribution < 1.29 is 9.32 Å². The van der Waals surface area contributed by atoms with E-state index in [2.05, 4.69) is 34.1 Å². The number of carbonyl (C=O) groups excluding carboxylic acids is 1. The molecule has 1 aromatic heterocycles. The molecule has 162 valence electrons. The molecular formula is C25H30N4O2. The fourth-order valence-corrected chi connectivity index (χ4v) is 4.08. The van der Waals surface area contributed by atoms with E-state index in [9.17, 15) is 4.79 Å². The monoisotopic (exact) mass is 418 g/mol. The van der Waals surface area contributed by atoms with Gasteiger partial charge in [0.05, 0.1) is 6.54 Å². The summed E-state index contributed by atoms with van der Waals surface area (Å²) in [7, 11) is 1.75. The van der Waals surface area contributed by atoms with E-state index >= 15 is 0 Å². The third-order valence-corrected chi connectivity index (χ3v) is 5.85. The Balaban J connectivity index is 1.35. The lowest BCUT2D eigenvalue weighted by molar-refractivity contribution is 0.0769. The Hall–Kier alpha value is -2.99. The van der Waals surface area contributed by atoms with Gasteiger partial charge in [0.1, 0.15) is 0 Å². The van der Waals surface area contributed by atoms with Crippen LogP contribution >= 0.6 is 0 Å². The van der Waals surface area contributed by atoms with Crippen LogP contribution in [-0.4, -0.2) is 46.0 Å². The fraction of sp³-hybridized carbons (Fsp3) is 0.400. The van der Waals surface area contributed by atoms with Crippen LogP contribution in [0.25, 0.3) is 11.4 Å². The van der Waals surface area contributed by atoms with Gasteiger partial charge in [0.25, 0.3) is 5.91 Å². The first-order valence-electron chi connectivity index (χ1n) is 10.9. The number of hydrogen-bond acceptors (Lipinski definition) is 5. The maximum atomic E-state index is 12.8. The fourth-order valence-electron chi connectivity index (χ4n) is 4.08. The van der Waals surface area contributed by atoms with Gasteiger partial charge in [-0.3, -0.25) is 9.69 Å². The molecule has 0 saturated carbocycles. The zero-order chi connectivity index (χ0) is 21.8. The molecule has 0 spiro atoms. The van der Waals surface area contributed by atoms with Crippen LogP contribution in [0.15, 0.2) is 53.1 Å². The molecule has 6 heteroatoms. The van der Waals surface area contributed by atoms with Crippen LogP contribution in [0.1, 0.15) is 47.1 Å². The molecule has 2 heterocycles. The number of nitrogens with zero attached hydrogens (tertiary/aromatic N) is 4. The molecule has 6 nitrogen and oxygen atoms in total. The molecule has 3 aromatic rings. The van der Waals surface area contributed by atoms with E-state index in [1.54, 1.807) is 11.9 Å². The van der Waals surface area contributed by atoms with Crippen molar-refractivity contribution in [3.63, 3.8) is 0 Å². The topological polar surface area (TPSA) is 62.5 Å². The Labute approximate surface area is 183 Å². The molecule has 1 amide bonds. The van der Waals surface area contributed by atoms with Crippen molar-refractivity contribution in [3.8, 4) is 11.4 Å². The summed E-state index contributed by atoms with van der Waals surface area (Å²) in [5, 5.41) is 4.04. The van der Waals surface area contributed by atoms with E-state index in [1.165, 1.54) is 24.0 Å². The minimum atomic E-state index is -0.0618. The van der Waals surface area contributed by atoms with Crippen molar-refractivity contribution in [1.29, 1.82) is 0 Å². The highest BCUT2D eigenvalue weighted by molar-refractivity contribution is 5.94. The molecule has 0 bridgehead atoms. The predicted molar refractivity (Wildman–Crippen MR) is 120 cm³/mol. The van der Waals surface area contributed by atoms with Crippen LogP contribution in [0.4, 0.5) is 0 Å². The van der Waals surface area contributed by atoms with Gasteiger partial charge < -0.3 is 9.42 Å². The average Bonchev–Trinajstić information content (AvgIpc) is 3.23. The SMILES string of the molecule is Cc1ccc(-c2noc(CN(C)C(=O)c3ccc(CN4CCC[C@H](C)C4)cc3)n2)cc1. The van der Waals surface area contributed by atoms with Crippen LogP contribution in [0, 0.1) is 12.8 Å². The summed E-state index contributed by atoms with van der Waals surface area (Å²) in [6.45, 7) is 7.87. The first-order chi connectivity index (χ1) is 15.0. The number of rotatable bonds is 6. The van der Waals surface area contributed by atoms with E-state index in [0.717, 1.165) is 31.1 Å². The highest BCUT2D eigenvalue weighted by Gasteiger charge is 2.18. The summed E-state index contributed by atoms with van der Waals surface area (Å²) in [6, 6.07) is 15.9. The highest BCUT2D eigenvalue weighted by Crippen LogP contribution is 2.19. The van der Waals surface area contributed by atoms with Crippen LogP contribution in [0.3, 0.4) is 0 Å². The van der Waals surface area contributed by atoms with E-state index in [-0.39, 0.29) is 12.5 Å². The first kappa shape index (κ1) is 21.2. The summed E-state index contributed by atoms with van der Waals surface area (Å²) < 4.78 is 5.36. The summed E-state index contributed by atoms with van der Waals surface area (Å²) >= 11 is 0. The van der Waals surface area contributed by atoms with Crippen molar-refractivity contribution in [3.05, 3.63) is 71.1 Å². The van der Waals surface area contributed by atoms with Crippen molar-refractivity contribution >= 4 is 5.91 Å². The second-order valence-corrected chi connectivity index (χ2v) is 8.72. The lowest BCUT2D eigenvalue weighted by atomic mass is 9.99. The number of hydrogen-bond donors (Lipinski definition) is 0. The molecule has 1 saturated heterocycles. The molecule has 0 radical (unpaired) electrons. The summed E-state index contributed by atoms with van der Waals surface area (Å²) in [6.07, 6.45) is 2.59. The number of carbonyl (C=O) groups is 1. The molecule has 0 aliphatic carbocycles. The Morgan fingerprint density at radius 1 is 1.16 bits per heavy atom. The van der Waals surface area contributed by atoms with E-state index in [0.29, 0.717) is 17.3 Å². The van der Waals surface area contributed by atoms with Gasteiger partial charge in [0, 0.05) is 31.3 Å². The lowest BCUT2D eigenvalue weighted by Gasteiger charge is -2.30. The Bertz CT molecular complexity index is 1010. The summed E-state index contributed by atoms with van der Waals surface area (Å²) in [5.41, 5.74) is 3.98. The maximum Gasteiger partial charge on any atom is 0.254 e. The molecule has 1 fully saturated rings. The quantitative estimate of drug-likeness (QED) is 0.588. The molecule has 1 aliphatic heterocycles. The maximum absolute atomic E-state index is 12.8. The van der Waals surface area contributed by atoms with Gasteiger partial charge in [-0.15, -0.1) is 0 Å². The first-order valence-corrected chi connectivity index (χ1v) is 10.9. The van der Waals surface area contributed by atoms with E-state index < -0.39 is 0 Å². The minimum absolute atomic E-state index is 0.0618. The number of piperidine rings is 1. The molecule has 4 rings (SSSR count). The van der Waals surface area contributed by atoms with Crippen LogP contribution in [-0.2, 0) is 13.1 Å². The Kier molecular flexibility index (Phi) is 6.47. The number of benzene rings is 2. The molecule has 0 N–H and O–H groups in total. The van der Waals surface area contributed by atoms with Gasteiger partial charge in [0.2, 0.25) is 11.7 Å². The van der Waals surface area contributed by atoms with Gasteiger partial charge >= 0.3 is 0 Å². The Morgan fingerprint density at radius 2 is 1.90 bits per heavy atom. The zero-order valence-corrected chi connectivity index (χ0v) is 18.5. The zero-order valence-electron chi connectivity index (χ0n) is 18.5. The standard InChI is InChI=1S/C25H30N4O2/c1-18-6-10-21(11-7-18)24-26-23(31-27-24)17-28(3)25(30)22-12-8-20(9-13-22)16-29-14-4-5-19(2)15-29/h6-13,19H,4-5,14-17H2,1-3H3/t19-/m0/s1. The van der Waals surface area contributed by atoms with Crippen molar-refractivity contribution in [2.45, 2.75) is 39.8 Å². The second-order valence-electron chi connectivity index (χ2n) is 8.72. The number of likely N-dealkylation sites (tertiary alicyclic amines) is 1. The molecule has 0 unspecified atom stereocenters. The third kappa shape index (κ3) is 5.39. The smallest absolute Gasteiger partial charge is 0.254 e. The minimum Gasteiger partial charge on any atom is -0.337 e. The third-order valence-electron chi connectivity index (χ3n) is 5.85. The van der Waals surface area contributed by atoms with Crippen molar-refractivity contribution in [2.75, 3.05) is 20.1 Å². The molecule has 31 heavy (non-hydrogen) atoms.